The molecule has 0 aliphatic rings. The van der Waals surface area contributed by atoms with Gasteiger partial charge in [0.2, 0.25) is 0 Å². The van der Waals surface area contributed by atoms with Crippen molar-refractivity contribution in [3.8, 4) is 0 Å². The molecular weight excluding hydrogens is 336 g/mol. The summed E-state index contributed by atoms with van der Waals surface area (Å²) in [6, 6.07) is 13.7. The van der Waals surface area contributed by atoms with E-state index in [-0.39, 0.29) is 11.5 Å². The first-order valence-electron chi connectivity index (χ1n) is 7.25. The molecule has 0 aliphatic carbocycles. The Labute approximate surface area is 141 Å². The van der Waals surface area contributed by atoms with Crippen molar-refractivity contribution in [3.63, 3.8) is 0 Å². The number of aryl methyl sites for hydroxylation is 2. The van der Waals surface area contributed by atoms with Crippen LogP contribution in [0, 0.1) is 6.92 Å². The van der Waals surface area contributed by atoms with Crippen LogP contribution in [0.5, 0.6) is 0 Å². The first-order valence-corrected chi connectivity index (χ1v) is 9.04. The van der Waals surface area contributed by atoms with Crippen molar-refractivity contribution in [2.24, 2.45) is 0 Å². The first-order chi connectivity index (χ1) is 10.9. The van der Waals surface area contributed by atoms with Crippen molar-refractivity contribution in [2.75, 3.05) is 6.61 Å². The lowest BCUT2D eigenvalue weighted by atomic mass is 10.1. The minimum Gasteiger partial charge on any atom is -0.391 e. The second-order valence-corrected chi connectivity index (χ2v) is 7.42. The molecule has 0 unspecified atom stereocenters. The van der Waals surface area contributed by atoms with Crippen LogP contribution in [0.2, 0.25) is 5.02 Å². The van der Waals surface area contributed by atoms with E-state index in [1.54, 1.807) is 24.3 Å². The second kappa shape index (κ2) is 7.93. The number of hydrogen-bond acceptors (Lipinski definition) is 4. The number of halogens is 1. The molecule has 4 nitrogen and oxygen atoms in total. The van der Waals surface area contributed by atoms with Gasteiger partial charge in [-0.05, 0) is 49.6 Å². The quantitative estimate of drug-likeness (QED) is 0.774. The van der Waals surface area contributed by atoms with Crippen molar-refractivity contribution in [2.45, 2.75) is 30.8 Å². The molecule has 6 heteroatoms. The number of aliphatic hydroxyl groups excluding tert-OH is 1. The van der Waals surface area contributed by atoms with Crippen molar-refractivity contribution >= 4 is 21.7 Å². The SMILES string of the molecule is Cc1ccc(S(=O)(=O)OC[C@H](O)CCc2ccc(Cl)cc2)cc1. The summed E-state index contributed by atoms with van der Waals surface area (Å²) in [4.78, 5) is 0.0907. The predicted octanol–water partition coefficient (Wildman–Crippen LogP) is 3.35. The van der Waals surface area contributed by atoms with Gasteiger partial charge in [0, 0.05) is 5.02 Å². The summed E-state index contributed by atoms with van der Waals surface area (Å²) >= 11 is 5.81. The van der Waals surface area contributed by atoms with E-state index in [2.05, 4.69) is 0 Å². The molecular formula is C17H19ClO4S. The Bertz CT molecular complexity index is 724. The number of rotatable bonds is 7. The molecule has 1 N–H and O–H groups in total. The molecule has 0 saturated carbocycles. The van der Waals surface area contributed by atoms with E-state index in [0.29, 0.717) is 17.9 Å². The molecule has 0 bridgehead atoms. The Hall–Kier alpha value is -1.40. The number of aliphatic hydroxyl groups is 1. The van der Waals surface area contributed by atoms with E-state index in [1.807, 2.05) is 19.1 Å². The van der Waals surface area contributed by atoms with E-state index >= 15 is 0 Å². The van der Waals surface area contributed by atoms with E-state index in [4.69, 9.17) is 15.8 Å². The molecule has 2 aromatic rings. The smallest absolute Gasteiger partial charge is 0.297 e. The maximum Gasteiger partial charge on any atom is 0.297 e. The summed E-state index contributed by atoms with van der Waals surface area (Å²) in [5.41, 5.74) is 1.99. The molecule has 23 heavy (non-hydrogen) atoms. The lowest BCUT2D eigenvalue weighted by Crippen LogP contribution is -2.19. The van der Waals surface area contributed by atoms with Crippen molar-refractivity contribution in [3.05, 3.63) is 64.7 Å². The van der Waals surface area contributed by atoms with Gasteiger partial charge < -0.3 is 5.11 Å². The highest BCUT2D eigenvalue weighted by atomic mass is 35.5. The van der Waals surface area contributed by atoms with Crippen LogP contribution < -0.4 is 0 Å². The Balaban J connectivity index is 1.84. The molecule has 124 valence electrons. The summed E-state index contributed by atoms with van der Waals surface area (Å²) in [6.45, 7) is 1.61. The van der Waals surface area contributed by atoms with E-state index in [1.165, 1.54) is 12.1 Å². The lowest BCUT2D eigenvalue weighted by Gasteiger charge is -2.11. The van der Waals surface area contributed by atoms with Crippen LogP contribution in [0.3, 0.4) is 0 Å². The minimum absolute atomic E-state index is 0.0907. The molecule has 1 atom stereocenters. The van der Waals surface area contributed by atoms with Gasteiger partial charge in [-0.3, -0.25) is 4.18 Å². The number of benzene rings is 2. The predicted molar refractivity (Wildman–Crippen MR) is 90.1 cm³/mol. The first kappa shape index (κ1) is 17.9. The molecule has 0 fully saturated rings. The maximum atomic E-state index is 12.0. The molecule has 0 heterocycles. The van der Waals surface area contributed by atoms with Gasteiger partial charge in [0.05, 0.1) is 17.6 Å². The van der Waals surface area contributed by atoms with Gasteiger partial charge in [-0.1, -0.05) is 41.4 Å². The summed E-state index contributed by atoms with van der Waals surface area (Å²) in [6.07, 6.45) is 0.169. The topological polar surface area (TPSA) is 63.6 Å². The van der Waals surface area contributed by atoms with E-state index < -0.39 is 16.2 Å². The molecule has 0 spiro atoms. The number of hydrogen-bond donors (Lipinski definition) is 1. The summed E-state index contributed by atoms with van der Waals surface area (Å²) < 4.78 is 28.9. The molecule has 0 aliphatic heterocycles. The van der Waals surface area contributed by atoms with Gasteiger partial charge in [0.15, 0.2) is 0 Å². The fraction of sp³-hybridized carbons (Fsp3) is 0.294. The van der Waals surface area contributed by atoms with Crippen LogP contribution in [0.15, 0.2) is 53.4 Å². The molecule has 0 saturated heterocycles. The third kappa shape index (κ3) is 5.62. The van der Waals surface area contributed by atoms with Crippen LogP contribution in [0.4, 0.5) is 0 Å². The zero-order valence-electron chi connectivity index (χ0n) is 12.8. The summed E-state index contributed by atoms with van der Waals surface area (Å²) in [5.74, 6) is 0. The zero-order valence-corrected chi connectivity index (χ0v) is 14.3. The van der Waals surface area contributed by atoms with Crippen LogP contribution >= 0.6 is 11.6 Å². The highest BCUT2D eigenvalue weighted by Crippen LogP contribution is 2.15. The standard InChI is InChI=1S/C17H19ClO4S/c1-13-2-10-17(11-3-13)23(20,21)22-12-16(19)9-6-14-4-7-15(18)8-5-14/h2-5,7-8,10-11,16,19H,6,9,12H2,1H3/t16-/m1/s1. The highest BCUT2D eigenvalue weighted by Gasteiger charge is 2.17. The Morgan fingerprint density at radius 3 is 2.30 bits per heavy atom. The fourth-order valence-electron chi connectivity index (χ4n) is 2.01. The summed E-state index contributed by atoms with van der Waals surface area (Å²) in [7, 11) is -3.84. The third-order valence-corrected chi connectivity index (χ3v) is 4.95. The Morgan fingerprint density at radius 2 is 1.70 bits per heavy atom. The molecule has 2 rings (SSSR count). The van der Waals surface area contributed by atoms with Crippen LogP contribution in [0.1, 0.15) is 17.5 Å². The average Bonchev–Trinajstić information content (AvgIpc) is 2.53. The van der Waals surface area contributed by atoms with Crippen LogP contribution in [0.25, 0.3) is 0 Å². The Morgan fingerprint density at radius 1 is 1.09 bits per heavy atom. The van der Waals surface area contributed by atoms with Gasteiger partial charge >= 0.3 is 0 Å². The molecule has 2 aromatic carbocycles. The third-order valence-electron chi connectivity index (χ3n) is 3.40. The lowest BCUT2D eigenvalue weighted by molar-refractivity contribution is 0.103. The minimum atomic E-state index is -3.84. The fourth-order valence-corrected chi connectivity index (χ4v) is 3.08. The van der Waals surface area contributed by atoms with Gasteiger partial charge in [-0.15, -0.1) is 0 Å². The molecule has 0 radical (unpaired) electrons. The van der Waals surface area contributed by atoms with Gasteiger partial charge in [-0.25, -0.2) is 0 Å². The van der Waals surface area contributed by atoms with Gasteiger partial charge in [0.25, 0.3) is 10.1 Å². The highest BCUT2D eigenvalue weighted by molar-refractivity contribution is 7.86. The molecule has 0 amide bonds. The van der Waals surface area contributed by atoms with E-state index in [9.17, 15) is 13.5 Å². The summed E-state index contributed by atoms with van der Waals surface area (Å²) in [5, 5.41) is 10.6. The Kier molecular flexibility index (Phi) is 6.18. The van der Waals surface area contributed by atoms with Crippen LogP contribution in [-0.4, -0.2) is 26.2 Å². The van der Waals surface area contributed by atoms with Crippen molar-refractivity contribution in [1.29, 1.82) is 0 Å². The molecule has 0 aromatic heterocycles. The van der Waals surface area contributed by atoms with Gasteiger partial charge in [0.1, 0.15) is 0 Å². The average molecular weight is 355 g/mol. The van der Waals surface area contributed by atoms with E-state index in [0.717, 1.165) is 11.1 Å². The monoisotopic (exact) mass is 354 g/mol. The van der Waals surface area contributed by atoms with Crippen LogP contribution in [-0.2, 0) is 20.7 Å². The van der Waals surface area contributed by atoms with Crippen molar-refractivity contribution in [1.82, 2.24) is 0 Å². The second-order valence-electron chi connectivity index (χ2n) is 5.37. The zero-order chi connectivity index (χ0) is 16.9. The van der Waals surface area contributed by atoms with Crippen molar-refractivity contribution < 1.29 is 17.7 Å². The van der Waals surface area contributed by atoms with Gasteiger partial charge in [-0.2, -0.15) is 8.42 Å². The largest absolute Gasteiger partial charge is 0.391 e. The maximum absolute atomic E-state index is 12.0. The normalized spacial score (nSPS) is 13.0.